The molecule has 0 amide bonds. The first-order valence-electron chi connectivity index (χ1n) is 10.5. The first kappa shape index (κ1) is 27.2. The Morgan fingerprint density at radius 1 is 0.447 bits per heavy atom. The largest absolute Gasteiger partial charge is 0.457 e. The number of nitrogens with two attached hydrogens (primary N) is 2. The van der Waals surface area contributed by atoms with Gasteiger partial charge in [-0.15, -0.1) is 0 Å². The molecule has 4 nitrogen and oxygen atoms in total. The van der Waals surface area contributed by atoms with E-state index < -0.39 is 46.5 Å². The molecule has 4 N–H and O–H groups in total. The SMILES string of the molecule is Nc1ccc(Oc2ccc(C3(F)C(F)(F)C(F)(F)C(F)(Oc4ccc(N)cc4)C(F)(F)C3(F)F)cc2)cc1. The lowest BCUT2D eigenvalue weighted by Gasteiger charge is -2.54. The maximum Gasteiger partial charge on any atom is 0.388 e. The fourth-order valence-electron chi connectivity index (χ4n) is 3.84. The van der Waals surface area contributed by atoms with Crippen LogP contribution in [0.1, 0.15) is 5.56 Å². The predicted octanol–water partition coefficient (Wildman–Crippen LogP) is 7.11. The molecule has 0 aliphatic heterocycles. The summed E-state index contributed by atoms with van der Waals surface area (Å²) >= 11 is 0. The first-order chi connectivity index (χ1) is 17.4. The van der Waals surface area contributed by atoms with Crippen molar-refractivity contribution in [2.24, 2.45) is 0 Å². The Balaban J connectivity index is 1.79. The Bertz CT molecular complexity index is 1290. The smallest absolute Gasteiger partial charge is 0.388 e. The van der Waals surface area contributed by atoms with Crippen LogP contribution in [0.4, 0.5) is 55.3 Å². The van der Waals surface area contributed by atoms with Crippen LogP contribution in [0, 0.1) is 0 Å². The number of rotatable bonds is 5. The zero-order valence-corrected chi connectivity index (χ0v) is 18.7. The quantitative estimate of drug-likeness (QED) is 0.261. The minimum Gasteiger partial charge on any atom is -0.457 e. The number of hydrogen-bond acceptors (Lipinski definition) is 4. The summed E-state index contributed by atoms with van der Waals surface area (Å²) in [6.45, 7) is 0. The first-order valence-corrected chi connectivity index (χ1v) is 10.5. The molecule has 1 fully saturated rings. The lowest BCUT2D eigenvalue weighted by molar-refractivity contribution is -0.497. The second kappa shape index (κ2) is 8.33. The van der Waals surface area contributed by atoms with Gasteiger partial charge >= 0.3 is 29.5 Å². The Morgan fingerprint density at radius 2 is 0.789 bits per heavy atom. The van der Waals surface area contributed by atoms with Gasteiger partial charge < -0.3 is 20.9 Å². The van der Waals surface area contributed by atoms with Crippen LogP contribution >= 0.6 is 0 Å². The molecule has 1 aliphatic rings. The molecule has 38 heavy (non-hydrogen) atoms. The lowest BCUT2D eigenvalue weighted by atomic mass is 9.68. The number of benzene rings is 3. The highest BCUT2D eigenvalue weighted by Crippen LogP contribution is 2.72. The van der Waals surface area contributed by atoms with Crippen molar-refractivity contribution in [2.75, 3.05) is 11.5 Å². The van der Waals surface area contributed by atoms with Gasteiger partial charge in [0.25, 0.3) is 5.67 Å². The van der Waals surface area contributed by atoms with E-state index in [1.54, 1.807) is 0 Å². The molecule has 0 atom stereocenters. The molecule has 0 radical (unpaired) electrons. The van der Waals surface area contributed by atoms with Crippen molar-refractivity contribution < 1.29 is 53.4 Å². The van der Waals surface area contributed by atoms with Crippen LogP contribution in [-0.4, -0.2) is 29.5 Å². The number of ether oxygens (including phenoxy) is 2. The average molecular weight is 554 g/mol. The standard InChI is InChI=1S/C24H16F10N2O2/c25-19(13-1-7-16(8-2-13)37-17-9-3-14(35)4-10-17)20(26,27)22(30,31)24(34,23(32,33)21(19,28)29)38-18-11-5-15(36)6-12-18/h1-12H,35-36H2. The maximum absolute atomic E-state index is 15.6. The molecule has 3 aromatic rings. The van der Waals surface area contributed by atoms with Crippen molar-refractivity contribution in [3.8, 4) is 17.2 Å². The molecule has 4 rings (SSSR count). The van der Waals surface area contributed by atoms with Gasteiger partial charge in [0.1, 0.15) is 17.2 Å². The third kappa shape index (κ3) is 3.45. The van der Waals surface area contributed by atoms with Crippen LogP contribution in [0.2, 0.25) is 0 Å². The normalized spacial score (nSPS) is 26.9. The van der Waals surface area contributed by atoms with Crippen molar-refractivity contribution in [3.05, 3.63) is 78.4 Å². The van der Waals surface area contributed by atoms with Crippen molar-refractivity contribution in [2.45, 2.75) is 35.2 Å². The number of anilines is 2. The van der Waals surface area contributed by atoms with Crippen molar-refractivity contribution >= 4 is 11.4 Å². The van der Waals surface area contributed by atoms with E-state index in [2.05, 4.69) is 4.74 Å². The van der Waals surface area contributed by atoms with Crippen LogP contribution in [0.15, 0.2) is 72.8 Å². The monoisotopic (exact) mass is 554 g/mol. The van der Waals surface area contributed by atoms with E-state index >= 15 is 8.78 Å². The van der Waals surface area contributed by atoms with E-state index in [-0.39, 0.29) is 29.3 Å². The third-order valence-electron chi connectivity index (χ3n) is 5.97. The van der Waals surface area contributed by atoms with E-state index in [0.717, 1.165) is 12.1 Å². The van der Waals surface area contributed by atoms with Crippen molar-refractivity contribution in [3.63, 3.8) is 0 Å². The fourth-order valence-corrected chi connectivity index (χ4v) is 3.84. The summed E-state index contributed by atoms with van der Waals surface area (Å²) in [6, 6.07) is 9.50. The highest BCUT2D eigenvalue weighted by Gasteiger charge is 3.01. The summed E-state index contributed by atoms with van der Waals surface area (Å²) in [4.78, 5) is 0. The van der Waals surface area contributed by atoms with Crippen LogP contribution in [-0.2, 0) is 5.67 Å². The number of alkyl halides is 10. The molecule has 0 aromatic heterocycles. The van der Waals surface area contributed by atoms with E-state index in [1.165, 1.54) is 24.3 Å². The Labute approximate surface area is 207 Å². The van der Waals surface area contributed by atoms with Gasteiger partial charge in [-0.2, -0.15) is 39.5 Å². The van der Waals surface area contributed by atoms with Crippen LogP contribution in [0.5, 0.6) is 17.2 Å². The van der Waals surface area contributed by atoms with E-state index in [4.69, 9.17) is 16.2 Å². The highest BCUT2D eigenvalue weighted by molar-refractivity contribution is 5.45. The Hall–Kier alpha value is -3.84. The predicted molar refractivity (Wildman–Crippen MR) is 115 cm³/mol. The molecule has 204 valence electrons. The average Bonchev–Trinajstić information content (AvgIpc) is 2.85. The molecule has 0 unspecified atom stereocenters. The molecule has 1 aliphatic carbocycles. The van der Waals surface area contributed by atoms with Gasteiger partial charge in [-0.3, -0.25) is 0 Å². The van der Waals surface area contributed by atoms with E-state index in [9.17, 15) is 35.1 Å². The molecule has 14 heteroatoms. The van der Waals surface area contributed by atoms with Crippen LogP contribution in [0.25, 0.3) is 0 Å². The summed E-state index contributed by atoms with van der Waals surface area (Å²) in [5.41, 5.74) is 2.91. The molecule has 0 saturated heterocycles. The summed E-state index contributed by atoms with van der Waals surface area (Å²) in [5.74, 6) is -35.1. The van der Waals surface area contributed by atoms with Crippen LogP contribution < -0.4 is 20.9 Å². The minimum absolute atomic E-state index is 0.0929. The molecule has 0 bridgehead atoms. The van der Waals surface area contributed by atoms with Gasteiger partial charge in [-0.05, 0) is 60.7 Å². The van der Waals surface area contributed by atoms with E-state index in [1.807, 2.05) is 0 Å². The number of halogens is 10. The Morgan fingerprint density at radius 3 is 1.18 bits per heavy atom. The minimum atomic E-state index is -6.83. The van der Waals surface area contributed by atoms with E-state index in [0.29, 0.717) is 30.0 Å². The third-order valence-corrected chi connectivity index (χ3v) is 5.97. The second-order valence-corrected chi connectivity index (χ2v) is 8.42. The Kier molecular flexibility index (Phi) is 5.96. The zero-order chi connectivity index (χ0) is 28.4. The fraction of sp³-hybridized carbons (Fsp3) is 0.250. The van der Waals surface area contributed by atoms with Crippen LogP contribution in [0.3, 0.4) is 0 Å². The van der Waals surface area contributed by atoms with Gasteiger partial charge in [0.2, 0.25) is 0 Å². The lowest BCUT2D eigenvalue weighted by Crippen LogP contribution is -2.85. The summed E-state index contributed by atoms with van der Waals surface area (Å²) in [7, 11) is 0. The summed E-state index contributed by atoms with van der Waals surface area (Å²) in [5, 5.41) is 0. The number of nitrogen functional groups attached to an aromatic ring is 2. The van der Waals surface area contributed by atoms with Gasteiger partial charge in [-0.25, -0.2) is 4.39 Å². The number of hydrogen-bond donors (Lipinski definition) is 2. The molecular weight excluding hydrogens is 538 g/mol. The van der Waals surface area contributed by atoms with Crippen molar-refractivity contribution in [1.29, 1.82) is 0 Å². The maximum atomic E-state index is 15.6. The zero-order valence-electron chi connectivity index (χ0n) is 18.7. The molecule has 0 heterocycles. The molecule has 1 saturated carbocycles. The summed E-state index contributed by atoms with van der Waals surface area (Å²) in [6.07, 6.45) is 0. The van der Waals surface area contributed by atoms with Gasteiger partial charge in [-0.1, -0.05) is 12.1 Å². The molecule has 0 spiro atoms. The highest BCUT2D eigenvalue weighted by atomic mass is 19.4. The topological polar surface area (TPSA) is 70.5 Å². The van der Waals surface area contributed by atoms with Crippen molar-refractivity contribution in [1.82, 2.24) is 0 Å². The second-order valence-electron chi connectivity index (χ2n) is 8.42. The molecular formula is C24H16F10N2O2. The van der Waals surface area contributed by atoms with Gasteiger partial charge in [0.15, 0.2) is 0 Å². The molecule has 3 aromatic carbocycles. The van der Waals surface area contributed by atoms with Gasteiger partial charge in [0.05, 0.1) is 0 Å². The van der Waals surface area contributed by atoms with Gasteiger partial charge in [0, 0.05) is 16.9 Å². The summed E-state index contributed by atoms with van der Waals surface area (Å²) < 4.78 is 159.